The third kappa shape index (κ3) is 7.66. The Labute approximate surface area is 122 Å². The van der Waals surface area contributed by atoms with Crippen LogP contribution in [0.15, 0.2) is 18.5 Å². The Hall–Kier alpha value is -1.62. The summed E-state index contributed by atoms with van der Waals surface area (Å²) in [4.78, 5) is 11.7. The zero-order valence-corrected chi connectivity index (χ0v) is 12.4. The Morgan fingerprint density at radius 3 is 2.81 bits per heavy atom. The third-order valence-electron chi connectivity index (χ3n) is 2.39. The van der Waals surface area contributed by atoms with E-state index in [1.54, 1.807) is 19.4 Å². The monoisotopic (exact) mass is 320 g/mol. The minimum atomic E-state index is -4.40. The predicted octanol–water partition coefficient (Wildman–Crippen LogP) is -1.05. The molecule has 118 valence electrons. The Bertz CT molecular complexity index is 546. The first-order valence-electron chi connectivity index (χ1n) is 6.17. The highest BCUT2D eigenvalue weighted by molar-refractivity contribution is 7.80. The van der Waals surface area contributed by atoms with E-state index in [1.807, 2.05) is 0 Å². The molecule has 1 heterocycles. The second-order valence-electron chi connectivity index (χ2n) is 4.03. The molecule has 0 unspecified atom stereocenters. The first-order valence-corrected chi connectivity index (χ1v) is 7.53. The number of aryl methyl sites for hydroxylation is 1. The smallest absolute Gasteiger partial charge is 0.383 e. The van der Waals surface area contributed by atoms with Gasteiger partial charge in [-0.15, -0.1) is 0 Å². The van der Waals surface area contributed by atoms with Crippen molar-refractivity contribution >= 4 is 16.3 Å². The molecule has 2 N–H and O–H groups in total. The van der Waals surface area contributed by atoms with Crippen molar-refractivity contribution in [1.82, 2.24) is 10.4 Å². The van der Waals surface area contributed by atoms with Crippen molar-refractivity contribution < 1.29 is 31.4 Å². The van der Waals surface area contributed by atoms with Gasteiger partial charge in [0.2, 0.25) is 0 Å². The number of amides is 1. The maximum Gasteiger partial charge on any atom is 0.397 e. The number of rotatable bonds is 9. The standard InChI is InChI=1S/C11H17N3O6S/c1-19-8-4-12-11(15)10-3-6-14(13-9-10)5-2-7-20-21(16,17)18/h3,6,9H,2,4-5,7-8H2,1H3,(H-,12,15,16,17,18)/p+1. The van der Waals surface area contributed by atoms with Crippen LogP contribution in [-0.4, -0.2) is 50.8 Å². The molecular formula is C11H18N3O6S+. The fourth-order valence-electron chi connectivity index (χ4n) is 1.41. The Morgan fingerprint density at radius 1 is 1.48 bits per heavy atom. The lowest BCUT2D eigenvalue weighted by Crippen LogP contribution is -2.39. The molecule has 0 saturated heterocycles. The molecule has 0 bridgehead atoms. The molecule has 10 heteroatoms. The highest BCUT2D eigenvalue weighted by Gasteiger charge is 2.10. The number of ether oxygens (including phenoxy) is 1. The lowest BCUT2D eigenvalue weighted by atomic mass is 10.3. The van der Waals surface area contributed by atoms with E-state index in [0.717, 1.165) is 0 Å². The quantitative estimate of drug-likeness (QED) is 0.339. The molecule has 0 spiro atoms. The van der Waals surface area contributed by atoms with E-state index in [-0.39, 0.29) is 12.5 Å². The van der Waals surface area contributed by atoms with E-state index >= 15 is 0 Å². The molecule has 1 aromatic heterocycles. The van der Waals surface area contributed by atoms with Crippen molar-refractivity contribution in [1.29, 1.82) is 0 Å². The van der Waals surface area contributed by atoms with Gasteiger partial charge in [-0.05, 0) is 5.10 Å². The summed E-state index contributed by atoms with van der Waals surface area (Å²) < 4.78 is 39.6. The molecule has 0 aliphatic heterocycles. The van der Waals surface area contributed by atoms with Crippen molar-refractivity contribution in [2.45, 2.75) is 13.0 Å². The van der Waals surface area contributed by atoms with Crippen LogP contribution in [0.5, 0.6) is 0 Å². The van der Waals surface area contributed by atoms with Crippen LogP contribution in [0.2, 0.25) is 0 Å². The Morgan fingerprint density at radius 2 is 2.24 bits per heavy atom. The number of carbonyl (C=O) groups is 1. The topological polar surface area (TPSA) is 119 Å². The van der Waals surface area contributed by atoms with E-state index in [0.29, 0.717) is 31.7 Å². The first-order chi connectivity index (χ1) is 9.92. The van der Waals surface area contributed by atoms with Crippen LogP contribution in [0.1, 0.15) is 16.8 Å². The van der Waals surface area contributed by atoms with Gasteiger partial charge in [0, 0.05) is 26.1 Å². The number of carbonyl (C=O) groups excluding carboxylic acids is 1. The van der Waals surface area contributed by atoms with Gasteiger partial charge in [0.1, 0.15) is 6.20 Å². The summed E-state index contributed by atoms with van der Waals surface area (Å²) in [5, 5.41) is 6.68. The van der Waals surface area contributed by atoms with E-state index in [1.165, 1.54) is 10.9 Å². The zero-order valence-electron chi connectivity index (χ0n) is 11.6. The Balaban J connectivity index is 2.38. The van der Waals surface area contributed by atoms with Gasteiger partial charge in [0.25, 0.3) is 5.91 Å². The molecule has 0 aliphatic rings. The molecular weight excluding hydrogens is 302 g/mol. The summed E-state index contributed by atoms with van der Waals surface area (Å²) in [7, 11) is -2.85. The minimum absolute atomic E-state index is 0.146. The summed E-state index contributed by atoms with van der Waals surface area (Å²) in [5.41, 5.74) is 0.413. The first kappa shape index (κ1) is 17.4. The zero-order chi connectivity index (χ0) is 15.7. The number of hydrogen-bond acceptors (Lipinski definition) is 6. The fourth-order valence-corrected chi connectivity index (χ4v) is 1.74. The van der Waals surface area contributed by atoms with Crippen LogP contribution in [0.4, 0.5) is 0 Å². The van der Waals surface area contributed by atoms with Gasteiger partial charge >= 0.3 is 10.4 Å². The van der Waals surface area contributed by atoms with E-state index < -0.39 is 10.4 Å². The lowest BCUT2D eigenvalue weighted by molar-refractivity contribution is -0.754. The number of methoxy groups -OCH3 is 1. The highest BCUT2D eigenvalue weighted by atomic mass is 32.3. The molecule has 0 aliphatic carbocycles. The number of aromatic nitrogens is 2. The predicted molar refractivity (Wildman–Crippen MR) is 70.8 cm³/mol. The number of hydrogen-bond donors (Lipinski definition) is 2. The normalized spacial score (nSPS) is 11.3. The third-order valence-corrected chi connectivity index (χ3v) is 2.85. The molecule has 0 fully saturated rings. The van der Waals surface area contributed by atoms with Gasteiger partial charge in [-0.2, -0.15) is 8.42 Å². The van der Waals surface area contributed by atoms with Crippen LogP contribution < -0.4 is 10.00 Å². The molecule has 0 atom stereocenters. The minimum Gasteiger partial charge on any atom is -0.383 e. The fraction of sp³-hybridized carbons (Fsp3) is 0.545. The molecule has 21 heavy (non-hydrogen) atoms. The van der Waals surface area contributed by atoms with Crippen molar-refractivity contribution in [3.63, 3.8) is 0 Å². The van der Waals surface area contributed by atoms with Crippen molar-refractivity contribution in [2.24, 2.45) is 0 Å². The van der Waals surface area contributed by atoms with Gasteiger partial charge in [-0.1, -0.05) is 4.68 Å². The SMILES string of the molecule is COCCNC(=O)c1cc[n+](CCCOS(=O)(=O)O)nc1. The van der Waals surface area contributed by atoms with E-state index in [9.17, 15) is 13.2 Å². The lowest BCUT2D eigenvalue weighted by Gasteiger charge is -2.03. The second-order valence-corrected chi connectivity index (χ2v) is 5.12. The molecule has 0 radical (unpaired) electrons. The number of nitrogens with zero attached hydrogens (tertiary/aromatic N) is 2. The molecule has 0 aromatic carbocycles. The average molecular weight is 320 g/mol. The van der Waals surface area contributed by atoms with E-state index in [4.69, 9.17) is 9.29 Å². The number of nitrogens with one attached hydrogen (secondary N) is 1. The van der Waals surface area contributed by atoms with Crippen molar-refractivity contribution in [2.75, 3.05) is 26.9 Å². The van der Waals surface area contributed by atoms with Crippen LogP contribution in [0, 0.1) is 0 Å². The van der Waals surface area contributed by atoms with Crippen molar-refractivity contribution in [3.8, 4) is 0 Å². The second kappa shape index (κ2) is 8.62. The van der Waals surface area contributed by atoms with Gasteiger partial charge in [-0.3, -0.25) is 9.35 Å². The van der Waals surface area contributed by atoms with Gasteiger partial charge in [-0.25, -0.2) is 4.18 Å². The maximum atomic E-state index is 11.7. The molecule has 9 nitrogen and oxygen atoms in total. The largest absolute Gasteiger partial charge is 0.397 e. The highest BCUT2D eigenvalue weighted by Crippen LogP contribution is 1.94. The molecule has 0 saturated carbocycles. The van der Waals surface area contributed by atoms with E-state index in [2.05, 4.69) is 14.6 Å². The Kier molecular flexibility index (Phi) is 7.15. The molecule has 1 amide bonds. The average Bonchev–Trinajstić information content (AvgIpc) is 2.43. The summed E-state index contributed by atoms with van der Waals surface area (Å²) in [6.07, 6.45) is 3.35. The van der Waals surface area contributed by atoms with Gasteiger partial charge in [0.15, 0.2) is 12.7 Å². The van der Waals surface area contributed by atoms with Gasteiger partial charge in [0.05, 0.1) is 18.8 Å². The van der Waals surface area contributed by atoms with Crippen molar-refractivity contribution in [3.05, 3.63) is 24.0 Å². The van der Waals surface area contributed by atoms with Crippen LogP contribution >= 0.6 is 0 Å². The summed E-state index contributed by atoms with van der Waals surface area (Å²) in [6.45, 7) is 1.09. The van der Waals surface area contributed by atoms with Gasteiger partial charge < -0.3 is 10.1 Å². The summed E-state index contributed by atoms with van der Waals surface area (Å²) in [5.74, 6) is -0.249. The van der Waals surface area contributed by atoms with Crippen LogP contribution in [-0.2, 0) is 25.9 Å². The maximum absolute atomic E-state index is 11.7. The van der Waals surface area contributed by atoms with Crippen LogP contribution in [0.25, 0.3) is 0 Å². The molecule has 1 aromatic rings. The van der Waals surface area contributed by atoms with Crippen LogP contribution in [0.3, 0.4) is 0 Å². The summed E-state index contributed by atoms with van der Waals surface area (Å²) in [6, 6.07) is 1.60. The molecule has 1 rings (SSSR count). The summed E-state index contributed by atoms with van der Waals surface area (Å²) >= 11 is 0.